The minimum atomic E-state index is -0.598. The molecule has 20 heavy (non-hydrogen) atoms. The van der Waals surface area contributed by atoms with E-state index < -0.39 is 5.91 Å². The number of methoxy groups -OCH3 is 1. The van der Waals surface area contributed by atoms with Crippen LogP contribution >= 0.6 is 0 Å². The zero-order valence-electron chi connectivity index (χ0n) is 11.3. The van der Waals surface area contributed by atoms with Gasteiger partial charge in [-0.15, -0.1) is 0 Å². The van der Waals surface area contributed by atoms with E-state index in [1.807, 2.05) is 25.1 Å². The summed E-state index contributed by atoms with van der Waals surface area (Å²) in [5.74, 6) is 0.590. The van der Waals surface area contributed by atoms with E-state index >= 15 is 0 Å². The molecule has 2 aromatic rings. The zero-order chi connectivity index (χ0) is 14.7. The predicted octanol–water partition coefficient (Wildman–Crippen LogP) is 1.82. The molecule has 2 rings (SSSR count). The molecule has 0 saturated carbocycles. The van der Waals surface area contributed by atoms with Crippen LogP contribution in [0, 0.1) is 6.92 Å². The molecule has 0 radical (unpaired) electrons. The second-order valence-corrected chi connectivity index (χ2v) is 4.31. The van der Waals surface area contributed by atoms with Gasteiger partial charge in [-0.3, -0.25) is 4.79 Å². The van der Waals surface area contributed by atoms with Crippen molar-refractivity contribution in [3.8, 4) is 5.75 Å². The Hall–Kier alpha value is -2.76. The smallest absolute Gasteiger partial charge is 0.267 e. The highest BCUT2D eigenvalue weighted by Crippen LogP contribution is 2.25. The summed E-state index contributed by atoms with van der Waals surface area (Å²) in [5.41, 5.74) is 13.4. The number of nitrogens with two attached hydrogens (primary N) is 2. The topological polar surface area (TPSA) is 103 Å². The molecule has 0 atom stereocenters. The van der Waals surface area contributed by atoms with Gasteiger partial charge in [0.1, 0.15) is 11.4 Å². The van der Waals surface area contributed by atoms with Crippen LogP contribution in [-0.2, 0) is 0 Å². The lowest BCUT2D eigenvalue weighted by Crippen LogP contribution is -2.14. The Labute approximate surface area is 116 Å². The summed E-state index contributed by atoms with van der Waals surface area (Å²) < 4.78 is 5.20. The first-order valence-electron chi connectivity index (χ1n) is 5.99. The van der Waals surface area contributed by atoms with Crippen LogP contribution in [0.1, 0.15) is 16.1 Å². The molecule has 1 amide bonds. The van der Waals surface area contributed by atoms with Crippen molar-refractivity contribution in [2.75, 3.05) is 18.2 Å². The second kappa shape index (κ2) is 5.48. The van der Waals surface area contributed by atoms with Gasteiger partial charge >= 0.3 is 0 Å². The van der Waals surface area contributed by atoms with Gasteiger partial charge in [0, 0.05) is 5.69 Å². The number of nitrogens with zero attached hydrogens (tertiary/aromatic N) is 1. The third-order valence-electron chi connectivity index (χ3n) is 2.84. The molecule has 6 nitrogen and oxygen atoms in total. The minimum Gasteiger partial charge on any atom is -0.496 e. The fraction of sp³-hybridized carbons (Fsp3) is 0.143. The molecule has 0 aliphatic carbocycles. The first-order chi connectivity index (χ1) is 9.51. The summed E-state index contributed by atoms with van der Waals surface area (Å²) >= 11 is 0. The van der Waals surface area contributed by atoms with Crippen molar-refractivity contribution in [1.82, 2.24) is 4.98 Å². The zero-order valence-corrected chi connectivity index (χ0v) is 11.3. The fourth-order valence-corrected chi connectivity index (χ4v) is 1.80. The second-order valence-electron chi connectivity index (χ2n) is 4.31. The van der Waals surface area contributed by atoms with Crippen molar-refractivity contribution in [3.05, 3.63) is 41.6 Å². The Morgan fingerprint density at radius 1 is 1.30 bits per heavy atom. The number of pyridine rings is 1. The van der Waals surface area contributed by atoms with Gasteiger partial charge in [-0.1, -0.05) is 0 Å². The van der Waals surface area contributed by atoms with E-state index in [-0.39, 0.29) is 5.69 Å². The van der Waals surface area contributed by atoms with Gasteiger partial charge in [0.25, 0.3) is 5.91 Å². The number of carbonyl (C=O) groups is 1. The number of hydrogen-bond donors (Lipinski definition) is 3. The lowest BCUT2D eigenvalue weighted by Gasteiger charge is -2.11. The number of aromatic nitrogens is 1. The SMILES string of the molecule is COc1ccc(Nc2nc(C(N)=O)ccc2N)cc1C. The number of primary amides is 1. The molecule has 0 bridgehead atoms. The van der Waals surface area contributed by atoms with Crippen molar-refractivity contribution in [1.29, 1.82) is 0 Å². The maximum atomic E-state index is 11.1. The molecule has 0 unspecified atom stereocenters. The first kappa shape index (κ1) is 13.7. The van der Waals surface area contributed by atoms with Crippen LogP contribution in [-0.4, -0.2) is 18.0 Å². The number of hydrogen-bond acceptors (Lipinski definition) is 5. The maximum absolute atomic E-state index is 11.1. The third-order valence-corrected chi connectivity index (χ3v) is 2.84. The molecule has 1 heterocycles. The standard InChI is InChI=1S/C14H16N4O2/c1-8-7-9(3-6-12(8)20-2)17-14-10(15)4-5-11(18-14)13(16)19/h3-7H,15H2,1-2H3,(H2,16,19)(H,17,18). The van der Waals surface area contributed by atoms with Crippen LogP contribution in [0.25, 0.3) is 0 Å². The predicted molar refractivity (Wildman–Crippen MR) is 78.2 cm³/mol. The molecule has 5 N–H and O–H groups in total. The van der Waals surface area contributed by atoms with Gasteiger partial charge in [0.05, 0.1) is 12.8 Å². The fourth-order valence-electron chi connectivity index (χ4n) is 1.80. The number of rotatable bonds is 4. The summed E-state index contributed by atoms with van der Waals surface area (Å²) in [6, 6.07) is 8.65. The number of anilines is 3. The van der Waals surface area contributed by atoms with Gasteiger partial charge in [0.2, 0.25) is 0 Å². The van der Waals surface area contributed by atoms with E-state index in [1.54, 1.807) is 13.2 Å². The number of nitrogens with one attached hydrogen (secondary N) is 1. The molecular weight excluding hydrogens is 256 g/mol. The number of aryl methyl sites for hydroxylation is 1. The maximum Gasteiger partial charge on any atom is 0.267 e. The quantitative estimate of drug-likeness (QED) is 0.787. The lowest BCUT2D eigenvalue weighted by molar-refractivity contribution is 0.0996. The number of nitrogen functional groups attached to an aromatic ring is 1. The summed E-state index contributed by atoms with van der Waals surface area (Å²) in [5, 5.41) is 3.06. The van der Waals surface area contributed by atoms with Crippen LogP contribution < -0.4 is 21.5 Å². The first-order valence-corrected chi connectivity index (χ1v) is 5.99. The van der Waals surface area contributed by atoms with Crippen molar-refractivity contribution in [2.24, 2.45) is 5.73 Å². The molecule has 104 valence electrons. The van der Waals surface area contributed by atoms with Crippen LogP contribution in [0.2, 0.25) is 0 Å². The largest absolute Gasteiger partial charge is 0.496 e. The van der Waals surface area contributed by atoms with E-state index in [2.05, 4.69) is 10.3 Å². The number of ether oxygens (including phenoxy) is 1. The summed E-state index contributed by atoms with van der Waals surface area (Å²) in [6.07, 6.45) is 0. The van der Waals surface area contributed by atoms with Crippen LogP contribution in [0.4, 0.5) is 17.2 Å². The Balaban J connectivity index is 2.32. The molecule has 1 aromatic heterocycles. The van der Waals surface area contributed by atoms with Crippen molar-refractivity contribution in [2.45, 2.75) is 6.92 Å². The Morgan fingerprint density at radius 3 is 2.65 bits per heavy atom. The number of carbonyl (C=O) groups excluding carboxylic acids is 1. The van der Waals surface area contributed by atoms with Gasteiger partial charge in [-0.25, -0.2) is 4.98 Å². The Bertz CT molecular complexity index is 656. The molecule has 0 spiro atoms. The molecule has 0 fully saturated rings. The highest BCUT2D eigenvalue weighted by atomic mass is 16.5. The number of benzene rings is 1. The molecule has 0 saturated heterocycles. The normalized spacial score (nSPS) is 10.1. The van der Waals surface area contributed by atoms with Gasteiger partial charge in [0.15, 0.2) is 5.82 Å². The molecular formula is C14H16N4O2. The summed E-state index contributed by atoms with van der Waals surface area (Å²) in [6.45, 7) is 1.93. The third kappa shape index (κ3) is 2.80. The Morgan fingerprint density at radius 2 is 2.05 bits per heavy atom. The van der Waals surface area contributed by atoms with Crippen LogP contribution in [0.15, 0.2) is 30.3 Å². The highest BCUT2D eigenvalue weighted by molar-refractivity contribution is 5.92. The van der Waals surface area contributed by atoms with Gasteiger partial charge < -0.3 is 21.5 Å². The van der Waals surface area contributed by atoms with Gasteiger partial charge in [-0.05, 0) is 42.8 Å². The molecule has 6 heteroatoms. The van der Waals surface area contributed by atoms with E-state index in [0.29, 0.717) is 11.5 Å². The van der Waals surface area contributed by atoms with Crippen molar-refractivity contribution < 1.29 is 9.53 Å². The van der Waals surface area contributed by atoms with E-state index in [4.69, 9.17) is 16.2 Å². The Kier molecular flexibility index (Phi) is 3.74. The van der Waals surface area contributed by atoms with Crippen LogP contribution in [0.3, 0.4) is 0 Å². The number of amides is 1. The molecule has 0 aliphatic heterocycles. The average molecular weight is 272 g/mol. The van der Waals surface area contributed by atoms with Crippen molar-refractivity contribution >= 4 is 23.1 Å². The minimum absolute atomic E-state index is 0.159. The van der Waals surface area contributed by atoms with E-state index in [0.717, 1.165) is 17.0 Å². The average Bonchev–Trinajstić information content (AvgIpc) is 2.41. The lowest BCUT2D eigenvalue weighted by atomic mass is 10.2. The van der Waals surface area contributed by atoms with E-state index in [9.17, 15) is 4.79 Å². The molecule has 1 aromatic carbocycles. The summed E-state index contributed by atoms with van der Waals surface area (Å²) in [7, 11) is 1.62. The summed E-state index contributed by atoms with van der Waals surface area (Å²) in [4.78, 5) is 15.2. The van der Waals surface area contributed by atoms with E-state index in [1.165, 1.54) is 6.07 Å². The highest BCUT2D eigenvalue weighted by Gasteiger charge is 2.08. The molecule has 0 aliphatic rings. The van der Waals surface area contributed by atoms with Crippen molar-refractivity contribution in [3.63, 3.8) is 0 Å². The van der Waals surface area contributed by atoms with Gasteiger partial charge in [-0.2, -0.15) is 0 Å². The van der Waals surface area contributed by atoms with Crippen LogP contribution in [0.5, 0.6) is 5.75 Å². The monoisotopic (exact) mass is 272 g/mol.